The maximum Gasteiger partial charge on any atom is 0.330 e. The summed E-state index contributed by atoms with van der Waals surface area (Å²) >= 11 is 0. The Morgan fingerprint density at radius 2 is 2.15 bits per heavy atom. The number of fused-ring (bicyclic) bond motifs is 2. The van der Waals surface area contributed by atoms with Crippen LogP contribution in [0.3, 0.4) is 0 Å². The second kappa shape index (κ2) is 3.17. The Hall–Kier alpha value is -0.790. The second-order valence-electron chi connectivity index (χ2n) is 4.49. The van der Waals surface area contributed by atoms with Crippen LogP contribution < -0.4 is 0 Å². The van der Waals surface area contributed by atoms with E-state index >= 15 is 0 Å². The van der Waals surface area contributed by atoms with Crippen LogP contribution in [0.25, 0.3) is 0 Å². The monoisotopic (exact) mass is 180 g/mol. The van der Waals surface area contributed by atoms with Crippen molar-refractivity contribution < 1.29 is 9.90 Å². The summed E-state index contributed by atoms with van der Waals surface area (Å²) in [5.74, 6) is 1.49. The largest absolute Gasteiger partial charge is 0.478 e. The van der Waals surface area contributed by atoms with Gasteiger partial charge < -0.3 is 5.11 Å². The van der Waals surface area contributed by atoms with Crippen molar-refractivity contribution in [3.63, 3.8) is 0 Å². The first-order valence-corrected chi connectivity index (χ1v) is 5.08. The number of carbonyl (C=O) groups is 1. The fraction of sp³-hybridized carbons (Fsp3) is 0.727. The van der Waals surface area contributed by atoms with Crippen LogP contribution in [0.1, 0.15) is 32.6 Å². The van der Waals surface area contributed by atoms with E-state index in [2.05, 4.69) is 0 Å². The molecule has 0 spiro atoms. The summed E-state index contributed by atoms with van der Waals surface area (Å²) in [6, 6.07) is 0. The first-order valence-electron chi connectivity index (χ1n) is 5.08. The van der Waals surface area contributed by atoms with E-state index in [4.69, 9.17) is 5.11 Å². The molecule has 0 aromatic rings. The third-order valence-corrected chi connectivity index (χ3v) is 3.59. The highest BCUT2D eigenvalue weighted by molar-refractivity contribution is 5.85. The lowest BCUT2D eigenvalue weighted by Gasteiger charge is -2.18. The molecule has 2 saturated carbocycles. The molecule has 2 fully saturated rings. The van der Waals surface area contributed by atoms with E-state index < -0.39 is 5.97 Å². The van der Waals surface area contributed by atoms with Gasteiger partial charge in [-0.1, -0.05) is 12.5 Å². The zero-order valence-electron chi connectivity index (χ0n) is 7.99. The predicted molar refractivity (Wildman–Crippen MR) is 50.3 cm³/mol. The quantitative estimate of drug-likeness (QED) is 0.663. The fourth-order valence-corrected chi connectivity index (χ4v) is 2.89. The SMILES string of the molecule is C/C(=C\C1CC2CCC1C2)C(=O)O. The van der Waals surface area contributed by atoms with Crippen LogP contribution in [-0.4, -0.2) is 11.1 Å². The van der Waals surface area contributed by atoms with Crippen molar-refractivity contribution in [2.24, 2.45) is 17.8 Å². The van der Waals surface area contributed by atoms with E-state index in [-0.39, 0.29) is 0 Å². The van der Waals surface area contributed by atoms with Crippen LogP contribution in [0.4, 0.5) is 0 Å². The number of hydrogen-bond donors (Lipinski definition) is 1. The van der Waals surface area contributed by atoms with Gasteiger partial charge in [0.25, 0.3) is 0 Å². The van der Waals surface area contributed by atoms with Crippen LogP contribution in [-0.2, 0) is 4.79 Å². The molecule has 0 aromatic heterocycles. The van der Waals surface area contributed by atoms with E-state index in [9.17, 15) is 4.79 Å². The Morgan fingerprint density at radius 3 is 2.62 bits per heavy atom. The third-order valence-electron chi connectivity index (χ3n) is 3.59. The van der Waals surface area contributed by atoms with Crippen LogP contribution >= 0.6 is 0 Å². The van der Waals surface area contributed by atoms with Crippen molar-refractivity contribution in [3.8, 4) is 0 Å². The van der Waals surface area contributed by atoms with Gasteiger partial charge >= 0.3 is 5.97 Å². The maximum atomic E-state index is 10.6. The molecule has 72 valence electrons. The number of allylic oxidation sites excluding steroid dienone is 1. The number of aliphatic carboxylic acids is 1. The zero-order valence-corrected chi connectivity index (χ0v) is 7.99. The Bertz CT molecular complexity index is 255. The minimum atomic E-state index is -0.761. The van der Waals surface area contributed by atoms with E-state index in [0.717, 1.165) is 11.8 Å². The van der Waals surface area contributed by atoms with Crippen LogP contribution in [0.5, 0.6) is 0 Å². The van der Waals surface area contributed by atoms with Crippen molar-refractivity contribution in [3.05, 3.63) is 11.6 Å². The summed E-state index contributed by atoms with van der Waals surface area (Å²) in [5, 5.41) is 8.74. The number of carboxylic acids is 1. The van der Waals surface area contributed by atoms with Gasteiger partial charge in [-0.05, 0) is 43.9 Å². The summed E-state index contributed by atoms with van der Waals surface area (Å²) in [5.41, 5.74) is 0.526. The molecular weight excluding hydrogens is 164 g/mol. The van der Waals surface area contributed by atoms with Gasteiger partial charge in [0, 0.05) is 5.57 Å². The molecule has 2 aliphatic carbocycles. The smallest absolute Gasteiger partial charge is 0.330 e. The van der Waals surface area contributed by atoms with Gasteiger partial charge in [0.2, 0.25) is 0 Å². The average Bonchev–Trinajstić information content (AvgIpc) is 2.64. The molecule has 2 rings (SSSR count). The molecule has 0 heterocycles. The third kappa shape index (κ3) is 1.62. The van der Waals surface area contributed by atoms with E-state index in [0.29, 0.717) is 11.5 Å². The molecule has 0 aromatic carbocycles. The normalized spacial score (nSPS) is 38.2. The van der Waals surface area contributed by atoms with Crippen LogP contribution in [0.2, 0.25) is 0 Å². The molecule has 0 saturated heterocycles. The van der Waals surface area contributed by atoms with Crippen LogP contribution in [0.15, 0.2) is 11.6 Å². The fourth-order valence-electron chi connectivity index (χ4n) is 2.89. The van der Waals surface area contributed by atoms with Gasteiger partial charge in [-0.25, -0.2) is 4.79 Å². The Labute approximate surface area is 78.6 Å². The summed E-state index contributed by atoms with van der Waals surface area (Å²) < 4.78 is 0. The molecule has 2 bridgehead atoms. The summed E-state index contributed by atoms with van der Waals surface area (Å²) in [6.07, 6.45) is 7.25. The Balaban J connectivity index is 2.03. The molecule has 2 aliphatic rings. The molecule has 3 atom stereocenters. The average molecular weight is 180 g/mol. The maximum absolute atomic E-state index is 10.6. The summed E-state index contributed by atoms with van der Waals surface area (Å²) in [6.45, 7) is 1.70. The molecule has 1 N–H and O–H groups in total. The van der Waals surface area contributed by atoms with Crippen molar-refractivity contribution in [1.29, 1.82) is 0 Å². The molecular formula is C11H16O2. The Morgan fingerprint density at radius 1 is 1.38 bits per heavy atom. The lowest BCUT2D eigenvalue weighted by Crippen LogP contribution is -2.09. The number of hydrogen-bond acceptors (Lipinski definition) is 1. The lowest BCUT2D eigenvalue weighted by molar-refractivity contribution is -0.132. The predicted octanol–water partition coefficient (Wildman–Crippen LogP) is 2.45. The van der Waals surface area contributed by atoms with E-state index in [1.165, 1.54) is 25.7 Å². The van der Waals surface area contributed by atoms with Gasteiger partial charge in [0.05, 0.1) is 0 Å². The van der Waals surface area contributed by atoms with Gasteiger partial charge in [-0.2, -0.15) is 0 Å². The minimum absolute atomic E-state index is 0.526. The highest BCUT2D eigenvalue weighted by atomic mass is 16.4. The number of rotatable bonds is 2. The molecule has 2 nitrogen and oxygen atoms in total. The number of carboxylic acid groups (broad SMARTS) is 1. The second-order valence-corrected chi connectivity index (χ2v) is 4.49. The molecule has 3 unspecified atom stereocenters. The first kappa shape index (κ1) is 8.79. The standard InChI is InChI=1S/C11H16O2/c1-7(11(12)13)4-10-6-8-2-3-9(10)5-8/h4,8-10H,2-3,5-6H2,1H3,(H,12,13)/b7-4+. The van der Waals surface area contributed by atoms with Gasteiger partial charge in [0.1, 0.15) is 0 Å². The van der Waals surface area contributed by atoms with Crippen molar-refractivity contribution in [2.75, 3.05) is 0 Å². The van der Waals surface area contributed by atoms with Crippen molar-refractivity contribution >= 4 is 5.97 Å². The van der Waals surface area contributed by atoms with Gasteiger partial charge in [0.15, 0.2) is 0 Å². The topological polar surface area (TPSA) is 37.3 Å². The highest BCUT2D eigenvalue weighted by Gasteiger charge is 2.38. The Kier molecular flexibility index (Phi) is 2.14. The van der Waals surface area contributed by atoms with E-state index in [1.54, 1.807) is 6.92 Å². The molecule has 0 aliphatic heterocycles. The first-order chi connectivity index (χ1) is 6.16. The van der Waals surface area contributed by atoms with Crippen molar-refractivity contribution in [1.82, 2.24) is 0 Å². The summed E-state index contributed by atoms with van der Waals surface area (Å²) in [7, 11) is 0. The van der Waals surface area contributed by atoms with Gasteiger partial charge in [-0.15, -0.1) is 0 Å². The van der Waals surface area contributed by atoms with Crippen LogP contribution in [0, 0.1) is 17.8 Å². The molecule has 0 amide bonds. The highest BCUT2D eigenvalue weighted by Crippen LogP contribution is 2.49. The molecule has 0 radical (unpaired) electrons. The lowest BCUT2D eigenvalue weighted by atomic mass is 9.87. The van der Waals surface area contributed by atoms with E-state index in [1.807, 2.05) is 6.08 Å². The van der Waals surface area contributed by atoms with Gasteiger partial charge in [-0.3, -0.25) is 0 Å². The molecule has 2 heteroatoms. The summed E-state index contributed by atoms with van der Waals surface area (Å²) in [4.78, 5) is 10.6. The minimum Gasteiger partial charge on any atom is -0.478 e. The zero-order chi connectivity index (χ0) is 9.42. The van der Waals surface area contributed by atoms with Crippen molar-refractivity contribution in [2.45, 2.75) is 32.6 Å². The molecule has 13 heavy (non-hydrogen) atoms.